The summed E-state index contributed by atoms with van der Waals surface area (Å²) in [5, 5.41) is 4.04. The summed E-state index contributed by atoms with van der Waals surface area (Å²) in [6, 6.07) is 9.59. The molecule has 5 nitrogen and oxygen atoms in total. The molecular weight excluding hydrogens is 242 g/mol. The lowest BCUT2D eigenvalue weighted by molar-refractivity contribution is -0.145. The number of rotatable bonds is 5. The molecule has 0 spiro atoms. The van der Waals surface area contributed by atoms with Crippen LogP contribution < -0.4 is 0 Å². The summed E-state index contributed by atoms with van der Waals surface area (Å²) in [6.45, 7) is 4.40. The summed E-state index contributed by atoms with van der Waals surface area (Å²) >= 11 is 0. The largest absolute Gasteiger partial charge is 0.459 e. The van der Waals surface area contributed by atoms with E-state index in [4.69, 9.17) is 4.74 Å². The van der Waals surface area contributed by atoms with Gasteiger partial charge in [0, 0.05) is 5.92 Å². The summed E-state index contributed by atoms with van der Waals surface area (Å²) in [5.74, 6) is 0.706. The lowest BCUT2D eigenvalue weighted by Crippen LogP contribution is -2.17. The number of ether oxygens (including phenoxy) is 1. The molecule has 0 fully saturated rings. The first-order chi connectivity index (χ1) is 9.16. The molecule has 0 aliphatic carbocycles. The molecular formula is C14H17N3O2. The predicted octanol–water partition coefficient (Wildman–Crippen LogP) is 2.14. The SMILES string of the molecule is CC(C)c1ncnn1CC(=O)OCc1ccccc1. The Labute approximate surface area is 112 Å². The van der Waals surface area contributed by atoms with Crippen LogP contribution in [-0.2, 0) is 22.7 Å². The van der Waals surface area contributed by atoms with Crippen molar-refractivity contribution in [3.05, 3.63) is 48.0 Å². The van der Waals surface area contributed by atoms with Gasteiger partial charge in [-0.15, -0.1) is 0 Å². The van der Waals surface area contributed by atoms with Crippen LogP contribution in [0.2, 0.25) is 0 Å². The van der Waals surface area contributed by atoms with E-state index in [2.05, 4.69) is 10.1 Å². The molecule has 1 heterocycles. The molecule has 0 amide bonds. The van der Waals surface area contributed by atoms with Crippen LogP contribution >= 0.6 is 0 Å². The van der Waals surface area contributed by atoms with E-state index < -0.39 is 0 Å². The Hall–Kier alpha value is -2.17. The molecule has 0 saturated carbocycles. The molecule has 1 aromatic heterocycles. The molecule has 1 aromatic carbocycles. The van der Waals surface area contributed by atoms with Gasteiger partial charge in [-0.2, -0.15) is 5.10 Å². The molecule has 0 bridgehead atoms. The summed E-state index contributed by atoms with van der Waals surface area (Å²) in [7, 11) is 0. The average Bonchev–Trinajstić information content (AvgIpc) is 2.86. The first kappa shape index (κ1) is 13.3. The van der Waals surface area contributed by atoms with Crippen molar-refractivity contribution in [1.82, 2.24) is 14.8 Å². The monoisotopic (exact) mass is 259 g/mol. The lowest BCUT2D eigenvalue weighted by Gasteiger charge is -2.08. The fourth-order valence-corrected chi connectivity index (χ4v) is 1.75. The predicted molar refractivity (Wildman–Crippen MR) is 70.3 cm³/mol. The minimum Gasteiger partial charge on any atom is -0.459 e. The van der Waals surface area contributed by atoms with Gasteiger partial charge in [-0.1, -0.05) is 44.2 Å². The van der Waals surface area contributed by atoms with Crippen molar-refractivity contribution in [2.45, 2.75) is 32.9 Å². The van der Waals surface area contributed by atoms with E-state index in [0.29, 0.717) is 0 Å². The van der Waals surface area contributed by atoms with E-state index in [-0.39, 0.29) is 25.0 Å². The third-order valence-corrected chi connectivity index (χ3v) is 2.68. The molecule has 0 atom stereocenters. The minimum atomic E-state index is -0.309. The Morgan fingerprint density at radius 3 is 2.74 bits per heavy atom. The normalized spacial score (nSPS) is 10.7. The highest BCUT2D eigenvalue weighted by atomic mass is 16.5. The number of hydrogen-bond donors (Lipinski definition) is 0. The summed E-state index contributed by atoms with van der Waals surface area (Å²) in [4.78, 5) is 15.9. The van der Waals surface area contributed by atoms with Gasteiger partial charge in [0.15, 0.2) is 0 Å². The quantitative estimate of drug-likeness (QED) is 0.772. The molecule has 0 aliphatic heterocycles. The fraction of sp³-hybridized carbons (Fsp3) is 0.357. The van der Waals surface area contributed by atoms with Gasteiger partial charge in [0.2, 0.25) is 0 Å². The van der Waals surface area contributed by atoms with Crippen molar-refractivity contribution in [1.29, 1.82) is 0 Å². The van der Waals surface area contributed by atoms with E-state index in [0.717, 1.165) is 11.4 Å². The van der Waals surface area contributed by atoms with Gasteiger partial charge < -0.3 is 4.74 Å². The number of benzene rings is 1. The van der Waals surface area contributed by atoms with Gasteiger partial charge in [-0.05, 0) is 5.56 Å². The summed E-state index contributed by atoms with van der Waals surface area (Å²) in [6.07, 6.45) is 1.46. The maximum Gasteiger partial charge on any atom is 0.328 e. The summed E-state index contributed by atoms with van der Waals surface area (Å²) in [5.41, 5.74) is 0.971. The van der Waals surface area contributed by atoms with Gasteiger partial charge >= 0.3 is 5.97 Å². The number of carbonyl (C=O) groups is 1. The second kappa shape index (κ2) is 6.13. The van der Waals surface area contributed by atoms with Gasteiger partial charge in [0.25, 0.3) is 0 Å². The van der Waals surface area contributed by atoms with Crippen LogP contribution in [0.3, 0.4) is 0 Å². The highest BCUT2D eigenvalue weighted by Gasteiger charge is 2.12. The number of aromatic nitrogens is 3. The van der Waals surface area contributed by atoms with Gasteiger partial charge in [0.05, 0.1) is 0 Å². The van der Waals surface area contributed by atoms with Gasteiger partial charge in [-0.25, -0.2) is 9.67 Å². The molecule has 2 aromatic rings. The van der Waals surface area contributed by atoms with Crippen molar-refractivity contribution in [3.63, 3.8) is 0 Å². The zero-order valence-electron chi connectivity index (χ0n) is 11.1. The molecule has 0 saturated heterocycles. The van der Waals surface area contributed by atoms with Crippen molar-refractivity contribution in [2.75, 3.05) is 0 Å². The maximum absolute atomic E-state index is 11.7. The third kappa shape index (κ3) is 3.64. The Morgan fingerprint density at radius 2 is 2.05 bits per heavy atom. The molecule has 5 heteroatoms. The zero-order chi connectivity index (χ0) is 13.7. The van der Waals surface area contributed by atoms with Crippen molar-refractivity contribution >= 4 is 5.97 Å². The third-order valence-electron chi connectivity index (χ3n) is 2.68. The Bertz CT molecular complexity index is 535. The highest BCUT2D eigenvalue weighted by molar-refractivity contribution is 5.69. The van der Waals surface area contributed by atoms with E-state index in [1.54, 1.807) is 4.68 Å². The Balaban J connectivity index is 1.89. The fourth-order valence-electron chi connectivity index (χ4n) is 1.75. The van der Waals surface area contributed by atoms with E-state index in [1.165, 1.54) is 6.33 Å². The molecule has 0 unspecified atom stereocenters. The molecule has 2 rings (SSSR count). The molecule has 0 N–H and O–H groups in total. The van der Waals surface area contributed by atoms with E-state index in [1.807, 2.05) is 44.2 Å². The van der Waals surface area contributed by atoms with Gasteiger partial charge in [-0.3, -0.25) is 4.79 Å². The van der Waals surface area contributed by atoms with Crippen LogP contribution in [0.4, 0.5) is 0 Å². The van der Waals surface area contributed by atoms with Crippen LogP contribution in [-0.4, -0.2) is 20.7 Å². The Morgan fingerprint density at radius 1 is 1.32 bits per heavy atom. The van der Waals surface area contributed by atoms with Crippen molar-refractivity contribution in [2.24, 2.45) is 0 Å². The molecule has 0 aliphatic rings. The molecule has 0 radical (unpaired) electrons. The molecule has 100 valence electrons. The first-order valence-corrected chi connectivity index (χ1v) is 6.24. The Kier molecular flexibility index (Phi) is 4.28. The first-order valence-electron chi connectivity index (χ1n) is 6.24. The highest BCUT2D eigenvalue weighted by Crippen LogP contribution is 2.10. The number of esters is 1. The van der Waals surface area contributed by atoms with Crippen molar-refractivity contribution < 1.29 is 9.53 Å². The smallest absolute Gasteiger partial charge is 0.328 e. The van der Waals surface area contributed by atoms with Crippen LogP contribution in [0.5, 0.6) is 0 Å². The van der Waals surface area contributed by atoms with Crippen LogP contribution in [0.1, 0.15) is 31.2 Å². The summed E-state index contributed by atoms with van der Waals surface area (Å²) < 4.78 is 6.79. The van der Waals surface area contributed by atoms with Crippen LogP contribution in [0, 0.1) is 0 Å². The second-order valence-corrected chi connectivity index (χ2v) is 4.58. The zero-order valence-corrected chi connectivity index (χ0v) is 11.1. The van der Waals surface area contributed by atoms with Crippen LogP contribution in [0.15, 0.2) is 36.7 Å². The topological polar surface area (TPSA) is 57.0 Å². The standard InChI is InChI=1S/C14H17N3O2/c1-11(2)14-15-10-16-17(14)8-13(18)19-9-12-6-4-3-5-7-12/h3-7,10-11H,8-9H2,1-2H3. The number of nitrogens with zero attached hydrogens (tertiary/aromatic N) is 3. The lowest BCUT2D eigenvalue weighted by atomic mass is 10.2. The minimum absolute atomic E-state index is 0.0976. The second-order valence-electron chi connectivity index (χ2n) is 4.58. The van der Waals surface area contributed by atoms with Crippen molar-refractivity contribution in [3.8, 4) is 0 Å². The molecule has 19 heavy (non-hydrogen) atoms. The maximum atomic E-state index is 11.7. The number of hydrogen-bond acceptors (Lipinski definition) is 4. The van der Waals surface area contributed by atoms with E-state index >= 15 is 0 Å². The van der Waals surface area contributed by atoms with Gasteiger partial charge in [0.1, 0.15) is 25.3 Å². The van der Waals surface area contributed by atoms with E-state index in [9.17, 15) is 4.79 Å². The number of carbonyl (C=O) groups excluding carboxylic acids is 1. The average molecular weight is 259 g/mol. The van der Waals surface area contributed by atoms with Crippen LogP contribution in [0.25, 0.3) is 0 Å².